The average molecular weight is 356 g/mol. The van der Waals surface area contributed by atoms with E-state index in [0.717, 1.165) is 30.8 Å². The first-order valence-corrected chi connectivity index (χ1v) is 9.46. The number of carbonyl (C=O) groups excluding carboxylic acids is 2. The van der Waals surface area contributed by atoms with Crippen molar-refractivity contribution in [3.05, 3.63) is 41.0 Å². The second-order valence-corrected chi connectivity index (χ2v) is 7.48. The van der Waals surface area contributed by atoms with Crippen molar-refractivity contribution in [2.24, 2.45) is 0 Å². The molecular weight excluding hydrogens is 328 g/mol. The van der Waals surface area contributed by atoms with Crippen LogP contribution in [-0.2, 0) is 20.7 Å². The van der Waals surface area contributed by atoms with Gasteiger partial charge in [-0.25, -0.2) is 4.79 Å². The molecule has 2 heterocycles. The van der Waals surface area contributed by atoms with Gasteiger partial charge in [-0.05, 0) is 38.8 Å². The summed E-state index contributed by atoms with van der Waals surface area (Å²) < 4.78 is 5.76. The zero-order valence-corrected chi connectivity index (χ0v) is 16.1. The van der Waals surface area contributed by atoms with Gasteiger partial charge in [-0.15, -0.1) is 0 Å². The molecular formula is C21H28N2O3. The molecule has 0 unspecified atom stereocenters. The molecule has 0 aromatic heterocycles. The third kappa shape index (κ3) is 3.28. The number of hydrogen-bond donors (Lipinski definition) is 1. The van der Waals surface area contributed by atoms with Gasteiger partial charge in [-0.2, -0.15) is 0 Å². The van der Waals surface area contributed by atoms with Crippen molar-refractivity contribution in [1.29, 1.82) is 0 Å². The van der Waals surface area contributed by atoms with Crippen LogP contribution in [0.1, 0.15) is 46.1 Å². The predicted molar refractivity (Wildman–Crippen MR) is 102 cm³/mol. The largest absolute Gasteiger partial charge is 0.450 e. The highest BCUT2D eigenvalue weighted by atomic mass is 16.6. The van der Waals surface area contributed by atoms with Crippen LogP contribution < -0.4 is 5.32 Å². The van der Waals surface area contributed by atoms with Crippen molar-refractivity contribution in [2.75, 3.05) is 18.4 Å². The molecule has 140 valence electrons. The number of piperidine rings is 1. The number of esters is 1. The van der Waals surface area contributed by atoms with Crippen molar-refractivity contribution in [3.63, 3.8) is 0 Å². The molecule has 1 fully saturated rings. The second-order valence-electron chi connectivity index (χ2n) is 7.48. The minimum Gasteiger partial charge on any atom is -0.450 e. The lowest BCUT2D eigenvalue weighted by atomic mass is 9.82. The Kier molecular flexibility index (Phi) is 5.19. The number of ether oxygens (including phenoxy) is 1. The fraction of sp³-hybridized carbons (Fsp3) is 0.524. The highest BCUT2D eigenvalue weighted by molar-refractivity contribution is 6.12. The lowest BCUT2D eigenvalue weighted by molar-refractivity contribution is -0.151. The number of nitrogens with one attached hydrogen (secondary N) is 1. The number of amides is 1. The number of rotatable bonds is 4. The number of carbonyl (C=O) groups is 2. The molecule has 1 aromatic rings. The number of aryl methyl sites for hydroxylation is 1. The van der Waals surface area contributed by atoms with E-state index < -0.39 is 5.60 Å². The van der Waals surface area contributed by atoms with Gasteiger partial charge in [-0.3, -0.25) is 4.79 Å². The molecule has 0 aliphatic carbocycles. The number of anilines is 1. The molecule has 3 rings (SSSR count). The summed E-state index contributed by atoms with van der Waals surface area (Å²) in [5.74, 6) is -0.579. The summed E-state index contributed by atoms with van der Waals surface area (Å²) in [6.45, 7) is 9.72. The van der Waals surface area contributed by atoms with Crippen LogP contribution in [0.4, 0.5) is 5.69 Å². The molecule has 1 N–H and O–H groups in total. The first-order valence-electron chi connectivity index (χ1n) is 9.46. The molecule has 1 aromatic carbocycles. The van der Waals surface area contributed by atoms with Crippen molar-refractivity contribution in [2.45, 2.75) is 58.6 Å². The van der Waals surface area contributed by atoms with E-state index in [1.165, 1.54) is 0 Å². The van der Waals surface area contributed by atoms with Crippen molar-refractivity contribution in [1.82, 2.24) is 4.90 Å². The summed E-state index contributed by atoms with van der Waals surface area (Å²) in [5.41, 5.74) is 2.05. The van der Waals surface area contributed by atoms with Crippen LogP contribution in [0, 0.1) is 0 Å². The minimum absolute atomic E-state index is 0.216. The van der Waals surface area contributed by atoms with E-state index in [-0.39, 0.29) is 11.9 Å². The van der Waals surface area contributed by atoms with Crippen LogP contribution in [0.3, 0.4) is 0 Å². The highest BCUT2D eigenvalue weighted by Crippen LogP contribution is 2.41. The predicted octanol–water partition coefficient (Wildman–Crippen LogP) is 3.30. The maximum atomic E-state index is 13.1. The van der Waals surface area contributed by atoms with Gasteiger partial charge >= 0.3 is 5.97 Å². The lowest BCUT2D eigenvalue weighted by Gasteiger charge is -2.41. The topological polar surface area (TPSA) is 58.6 Å². The quantitative estimate of drug-likeness (QED) is 0.841. The monoisotopic (exact) mass is 356 g/mol. The highest BCUT2D eigenvalue weighted by Gasteiger charge is 2.50. The number of hydrogen-bond acceptors (Lipinski definition) is 4. The Balaban J connectivity index is 1.86. The van der Waals surface area contributed by atoms with Gasteiger partial charge < -0.3 is 15.0 Å². The van der Waals surface area contributed by atoms with Crippen molar-refractivity contribution < 1.29 is 14.3 Å². The van der Waals surface area contributed by atoms with Crippen LogP contribution in [-0.4, -0.2) is 41.5 Å². The first-order chi connectivity index (χ1) is 12.4. The minimum atomic E-state index is -0.780. The molecule has 0 saturated carbocycles. The van der Waals surface area contributed by atoms with E-state index in [4.69, 9.17) is 4.74 Å². The van der Waals surface area contributed by atoms with E-state index in [9.17, 15) is 9.59 Å². The summed E-state index contributed by atoms with van der Waals surface area (Å²) in [5, 5.41) is 3.02. The summed E-state index contributed by atoms with van der Waals surface area (Å²) in [6.07, 6.45) is 2.15. The summed E-state index contributed by atoms with van der Waals surface area (Å²) in [4.78, 5) is 27.7. The average Bonchev–Trinajstić information content (AvgIpc) is 2.85. The smallest absolute Gasteiger partial charge is 0.335 e. The zero-order valence-electron chi connectivity index (χ0n) is 16.1. The molecule has 5 heteroatoms. The van der Waals surface area contributed by atoms with Gasteiger partial charge in [0.1, 0.15) is 5.60 Å². The van der Waals surface area contributed by atoms with Crippen LogP contribution in [0.5, 0.6) is 0 Å². The molecule has 0 atom stereocenters. The Bertz CT molecular complexity index is 743. The Morgan fingerprint density at radius 1 is 1.27 bits per heavy atom. The Hall–Kier alpha value is -2.14. The molecule has 1 saturated heterocycles. The third-order valence-corrected chi connectivity index (χ3v) is 5.63. The van der Waals surface area contributed by atoms with Gasteiger partial charge in [0.15, 0.2) is 0 Å². The Morgan fingerprint density at radius 3 is 2.54 bits per heavy atom. The molecule has 2 aliphatic rings. The van der Waals surface area contributed by atoms with Gasteiger partial charge in [0.05, 0.1) is 5.57 Å². The van der Waals surface area contributed by atoms with Gasteiger partial charge in [-0.1, -0.05) is 25.1 Å². The van der Waals surface area contributed by atoms with E-state index in [0.29, 0.717) is 30.0 Å². The Labute approximate surface area is 155 Å². The molecule has 26 heavy (non-hydrogen) atoms. The van der Waals surface area contributed by atoms with Crippen LogP contribution in [0.2, 0.25) is 0 Å². The van der Waals surface area contributed by atoms with E-state index >= 15 is 0 Å². The second kappa shape index (κ2) is 7.23. The number of likely N-dealkylation sites (tertiary alicyclic amines) is 1. The third-order valence-electron chi connectivity index (χ3n) is 5.63. The zero-order chi connectivity index (χ0) is 18.9. The molecule has 2 aliphatic heterocycles. The van der Waals surface area contributed by atoms with Crippen molar-refractivity contribution in [3.8, 4) is 0 Å². The molecule has 0 bridgehead atoms. The van der Waals surface area contributed by atoms with Crippen LogP contribution in [0.25, 0.3) is 0 Å². The summed E-state index contributed by atoms with van der Waals surface area (Å²) >= 11 is 0. The van der Waals surface area contributed by atoms with Crippen LogP contribution >= 0.6 is 0 Å². The number of nitrogens with zero attached hydrogens (tertiary/aromatic N) is 1. The fourth-order valence-corrected chi connectivity index (χ4v) is 4.02. The number of benzene rings is 1. The maximum absolute atomic E-state index is 13.1. The van der Waals surface area contributed by atoms with E-state index in [1.54, 1.807) is 6.92 Å². The molecule has 5 nitrogen and oxygen atoms in total. The normalized spacial score (nSPS) is 20.0. The van der Waals surface area contributed by atoms with Gasteiger partial charge in [0.2, 0.25) is 0 Å². The summed E-state index contributed by atoms with van der Waals surface area (Å²) in [6, 6.07) is 8.22. The van der Waals surface area contributed by atoms with Gasteiger partial charge in [0, 0.05) is 43.2 Å². The Morgan fingerprint density at radius 2 is 1.92 bits per heavy atom. The van der Waals surface area contributed by atoms with E-state index in [2.05, 4.69) is 31.0 Å². The van der Waals surface area contributed by atoms with Crippen molar-refractivity contribution >= 4 is 17.6 Å². The van der Waals surface area contributed by atoms with Gasteiger partial charge in [0.25, 0.3) is 5.91 Å². The standard InChI is InChI=1S/C21H28N2O3/c1-5-16-8-6-7-9-17(16)22-19(24)18-15(4)20(25)26-21(18)10-12-23(13-11-21)14(2)3/h6-9,14H,5,10-13H2,1-4H3,(H,22,24). The summed E-state index contributed by atoms with van der Waals surface area (Å²) in [7, 11) is 0. The SMILES string of the molecule is CCc1ccccc1NC(=O)C1=C(C)C(=O)OC12CCN(C(C)C)CC2. The number of para-hydroxylation sites is 1. The first kappa shape index (κ1) is 18.6. The molecule has 0 radical (unpaired) electrons. The maximum Gasteiger partial charge on any atom is 0.335 e. The van der Waals surface area contributed by atoms with Crippen LogP contribution in [0.15, 0.2) is 35.4 Å². The lowest BCUT2D eigenvalue weighted by Crippen LogP contribution is -2.49. The molecule has 1 amide bonds. The molecule has 1 spiro atoms. The van der Waals surface area contributed by atoms with E-state index in [1.807, 2.05) is 24.3 Å². The fourth-order valence-electron chi connectivity index (χ4n) is 4.02.